The highest BCUT2D eigenvalue weighted by Crippen LogP contribution is 2.38. The van der Waals surface area contributed by atoms with Crippen LogP contribution in [-0.4, -0.2) is 10.2 Å². The number of fused-ring (bicyclic) bond motifs is 1. The minimum absolute atomic E-state index is 0.175. The molecular formula is C8H6O2S. The van der Waals surface area contributed by atoms with E-state index in [0.29, 0.717) is 0 Å². The van der Waals surface area contributed by atoms with E-state index < -0.39 is 6.10 Å². The number of carbonyl (C=O) groups is 1. The standard InChI is InChI=1S/C8H6O2S/c9-7-5-3-1-2-4-6(5)11-8(7)10/h1-4,7,9H. The molecule has 3 heteroatoms. The predicted octanol–water partition coefficient (Wildman–Crippen LogP) is 1.35. The minimum atomic E-state index is -0.906. The molecule has 0 bridgehead atoms. The van der Waals surface area contributed by atoms with Gasteiger partial charge in [-0.05, 0) is 17.8 Å². The monoisotopic (exact) mass is 166 g/mol. The Morgan fingerprint density at radius 1 is 1.36 bits per heavy atom. The molecule has 56 valence electrons. The fourth-order valence-corrected chi connectivity index (χ4v) is 1.99. The van der Waals surface area contributed by atoms with Crippen LogP contribution in [0.15, 0.2) is 29.2 Å². The summed E-state index contributed by atoms with van der Waals surface area (Å²) in [6.07, 6.45) is -0.906. The van der Waals surface area contributed by atoms with Crippen LogP contribution < -0.4 is 0 Å². The van der Waals surface area contributed by atoms with Gasteiger partial charge in [0.1, 0.15) is 6.10 Å². The molecule has 1 heterocycles. The van der Waals surface area contributed by atoms with E-state index in [1.165, 1.54) is 0 Å². The number of hydrogen-bond donors (Lipinski definition) is 1. The van der Waals surface area contributed by atoms with E-state index in [1.54, 1.807) is 6.07 Å². The van der Waals surface area contributed by atoms with Gasteiger partial charge < -0.3 is 5.11 Å². The molecule has 11 heavy (non-hydrogen) atoms. The molecule has 1 aromatic rings. The molecule has 1 aliphatic heterocycles. The highest BCUT2D eigenvalue weighted by molar-refractivity contribution is 8.14. The molecule has 0 radical (unpaired) electrons. The molecule has 1 aliphatic rings. The first-order valence-electron chi connectivity index (χ1n) is 3.28. The zero-order valence-electron chi connectivity index (χ0n) is 5.65. The van der Waals surface area contributed by atoms with Crippen molar-refractivity contribution in [1.29, 1.82) is 0 Å². The summed E-state index contributed by atoms with van der Waals surface area (Å²) in [5.41, 5.74) is 0.738. The fraction of sp³-hybridized carbons (Fsp3) is 0.125. The van der Waals surface area contributed by atoms with Crippen molar-refractivity contribution in [2.24, 2.45) is 0 Å². The summed E-state index contributed by atoms with van der Waals surface area (Å²) >= 11 is 1.11. The summed E-state index contributed by atoms with van der Waals surface area (Å²) in [6.45, 7) is 0. The molecule has 0 amide bonds. The van der Waals surface area contributed by atoms with Crippen molar-refractivity contribution in [3.63, 3.8) is 0 Å². The van der Waals surface area contributed by atoms with Crippen molar-refractivity contribution in [3.8, 4) is 0 Å². The van der Waals surface area contributed by atoms with Gasteiger partial charge in [-0.2, -0.15) is 0 Å². The first-order valence-corrected chi connectivity index (χ1v) is 4.09. The van der Waals surface area contributed by atoms with E-state index in [9.17, 15) is 9.90 Å². The predicted molar refractivity (Wildman–Crippen MR) is 42.3 cm³/mol. The Hall–Kier alpha value is -0.800. The summed E-state index contributed by atoms with van der Waals surface area (Å²) in [6, 6.07) is 7.30. The Morgan fingerprint density at radius 3 is 2.82 bits per heavy atom. The lowest BCUT2D eigenvalue weighted by Crippen LogP contribution is -1.99. The second-order valence-electron chi connectivity index (χ2n) is 2.36. The number of thioether (sulfide) groups is 1. The van der Waals surface area contributed by atoms with Gasteiger partial charge in [0.15, 0.2) is 0 Å². The minimum Gasteiger partial charge on any atom is -0.380 e. The summed E-state index contributed by atoms with van der Waals surface area (Å²) in [7, 11) is 0. The third kappa shape index (κ3) is 0.968. The second kappa shape index (κ2) is 2.36. The van der Waals surface area contributed by atoms with Crippen LogP contribution in [0.1, 0.15) is 11.7 Å². The average molecular weight is 166 g/mol. The van der Waals surface area contributed by atoms with Gasteiger partial charge in [0.25, 0.3) is 0 Å². The van der Waals surface area contributed by atoms with Gasteiger partial charge in [0, 0.05) is 10.5 Å². The smallest absolute Gasteiger partial charge is 0.226 e. The van der Waals surface area contributed by atoms with E-state index in [4.69, 9.17) is 0 Å². The fourth-order valence-electron chi connectivity index (χ4n) is 1.09. The number of benzene rings is 1. The van der Waals surface area contributed by atoms with Crippen molar-refractivity contribution in [3.05, 3.63) is 29.8 Å². The Balaban J connectivity index is 2.55. The largest absolute Gasteiger partial charge is 0.380 e. The van der Waals surface area contributed by atoms with Crippen LogP contribution in [0.3, 0.4) is 0 Å². The maximum absolute atomic E-state index is 10.9. The van der Waals surface area contributed by atoms with Gasteiger partial charge in [-0.15, -0.1) is 0 Å². The van der Waals surface area contributed by atoms with Crippen LogP contribution in [0.25, 0.3) is 0 Å². The Morgan fingerprint density at radius 2 is 2.09 bits per heavy atom. The first kappa shape index (κ1) is 6.88. The third-order valence-electron chi connectivity index (χ3n) is 1.65. The lowest BCUT2D eigenvalue weighted by Gasteiger charge is -1.97. The first-order chi connectivity index (χ1) is 5.29. The van der Waals surface area contributed by atoms with Crippen molar-refractivity contribution < 1.29 is 9.90 Å². The van der Waals surface area contributed by atoms with Crippen molar-refractivity contribution in [1.82, 2.24) is 0 Å². The molecule has 2 nitrogen and oxygen atoms in total. The van der Waals surface area contributed by atoms with E-state index in [-0.39, 0.29) is 5.12 Å². The molecule has 1 aromatic carbocycles. The summed E-state index contributed by atoms with van der Waals surface area (Å²) in [5, 5.41) is 9.10. The number of hydrogen-bond acceptors (Lipinski definition) is 3. The zero-order valence-corrected chi connectivity index (χ0v) is 6.47. The highest BCUT2D eigenvalue weighted by Gasteiger charge is 2.28. The van der Waals surface area contributed by atoms with Crippen LogP contribution in [0, 0.1) is 0 Å². The van der Waals surface area contributed by atoms with E-state index in [1.807, 2.05) is 18.2 Å². The molecule has 0 spiro atoms. The van der Waals surface area contributed by atoms with Crippen LogP contribution in [-0.2, 0) is 4.79 Å². The number of aliphatic hydroxyl groups is 1. The SMILES string of the molecule is O=C1Sc2ccccc2C1O. The summed E-state index contributed by atoms with van der Waals surface area (Å²) in [5.74, 6) is 0. The van der Waals surface area contributed by atoms with Crippen molar-refractivity contribution >= 4 is 16.9 Å². The van der Waals surface area contributed by atoms with E-state index in [0.717, 1.165) is 22.2 Å². The molecule has 2 rings (SSSR count). The van der Waals surface area contributed by atoms with Crippen molar-refractivity contribution in [2.45, 2.75) is 11.0 Å². The second-order valence-corrected chi connectivity index (χ2v) is 3.41. The molecule has 0 aliphatic carbocycles. The van der Waals surface area contributed by atoms with Gasteiger partial charge in [0.2, 0.25) is 5.12 Å². The Kier molecular flexibility index (Phi) is 1.47. The Labute approximate surface area is 68.2 Å². The van der Waals surface area contributed by atoms with Crippen LogP contribution >= 0.6 is 11.8 Å². The molecule has 0 saturated carbocycles. The Bertz CT molecular complexity index is 309. The lowest BCUT2D eigenvalue weighted by atomic mass is 10.1. The topological polar surface area (TPSA) is 37.3 Å². The zero-order chi connectivity index (χ0) is 7.84. The number of carbonyl (C=O) groups excluding carboxylic acids is 1. The van der Waals surface area contributed by atoms with Gasteiger partial charge >= 0.3 is 0 Å². The molecule has 1 atom stereocenters. The van der Waals surface area contributed by atoms with E-state index >= 15 is 0 Å². The van der Waals surface area contributed by atoms with Gasteiger partial charge in [-0.1, -0.05) is 18.2 Å². The molecular weight excluding hydrogens is 160 g/mol. The summed E-state index contributed by atoms with van der Waals surface area (Å²) < 4.78 is 0. The molecule has 0 aromatic heterocycles. The maximum Gasteiger partial charge on any atom is 0.226 e. The number of aliphatic hydroxyl groups excluding tert-OH is 1. The molecule has 1 unspecified atom stereocenters. The normalized spacial score (nSPS) is 21.9. The lowest BCUT2D eigenvalue weighted by molar-refractivity contribution is -0.118. The maximum atomic E-state index is 10.9. The van der Waals surface area contributed by atoms with Gasteiger partial charge in [0.05, 0.1) is 0 Å². The van der Waals surface area contributed by atoms with Crippen LogP contribution in [0.4, 0.5) is 0 Å². The van der Waals surface area contributed by atoms with E-state index in [2.05, 4.69) is 0 Å². The summed E-state index contributed by atoms with van der Waals surface area (Å²) in [4.78, 5) is 11.8. The van der Waals surface area contributed by atoms with Crippen molar-refractivity contribution in [2.75, 3.05) is 0 Å². The molecule has 1 N–H and O–H groups in total. The van der Waals surface area contributed by atoms with Crippen LogP contribution in [0.5, 0.6) is 0 Å². The van der Waals surface area contributed by atoms with Crippen LogP contribution in [0.2, 0.25) is 0 Å². The van der Waals surface area contributed by atoms with Gasteiger partial charge in [-0.3, -0.25) is 4.79 Å². The third-order valence-corrected chi connectivity index (χ3v) is 2.66. The number of rotatable bonds is 0. The average Bonchev–Trinajstić information content (AvgIpc) is 2.30. The highest BCUT2D eigenvalue weighted by atomic mass is 32.2. The molecule has 0 fully saturated rings. The van der Waals surface area contributed by atoms with Gasteiger partial charge in [-0.25, -0.2) is 0 Å². The molecule has 0 saturated heterocycles. The quantitative estimate of drug-likeness (QED) is 0.632.